The molecule has 2 amide bonds. The van der Waals surface area contributed by atoms with E-state index in [2.05, 4.69) is 10.9 Å². The second-order valence-electron chi connectivity index (χ2n) is 5.79. The van der Waals surface area contributed by atoms with Crippen LogP contribution in [0.4, 0.5) is 0 Å². The van der Waals surface area contributed by atoms with Crippen LogP contribution < -0.4 is 20.3 Å². The SMILES string of the molecule is Cc1ccc(C)c(OC(C)C(=O)NNC(=O)COc2ccccc2Cl)c1. The van der Waals surface area contributed by atoms with E-state index in [0.29, 0.717) is 16.5 Å². The van der Waals surface area contributed by atoms with Crippen molar-refractivity contribution in [1.82, 2.24) is 10.9 Å². The number of carbonyl (C=O) groups excluding carboxylic acids is 2. The van der Waals surface area contributed by atoms with Gasteiger partial charge in [0.05, 0.1) is 5.02 Å². The lowest BCUT2D eigenvalue weighted by molar-refractivity contribution is -0.133. The maximum absolute atomic E-state index is 12.1. The van der Waals surface area contributed by atoms with Gasteiger partial charge in [-0.15, -0.1) is 0 Å². The largest absolute Gasteiger partial charge is 0.482 e. The van der Waals surface area contributed by atoms with Crippen LogP contribution in [0.3, 0.4) is 0 Å². The first-order valence-corrected chi connectivity index (χ1v) is 8.44. The number of para-hydroxylation sites is 1. The Labute approximate surface area is 157 Å². The molecule has 2 rings (SSSR count). The minimum absolute atomic E-state index is 0.282. The summed E-state index contributed by atoms with van der Waals surface area (Å²) in [5.41, 5.74) is 6.54. The van der Waals surface area contributed by atoms with Crippen LogP contribution in [0.1, 0.15) is 18.1 Å². The minimum Gasteiger partial charge on any atom is -0.482 e. The summed E-state index contributed by atoms with van der Waals surface area (Å²) in [5.74, 6) is 0.0255. The van der Waals surface area contributed by atoms with Gasteiger partial charge in [0, 0.05) is 0 Å². The van der Waals surface area contributed by atoms with Gasteiger partial charge in [0.15, 0.2) is 12.7 Å². The van der Waals surface area contributed by atoms with Crippen molar-refractivity contribution in [2.24, 2.45) is 0 Å². The Bertz CT molecular complexity index is 795. The van der Waals surface area contributed by atoms with Gasteiger partial charge in [0.2, 0.25) is 0 Å². The van der Waals surface area contributed by atoms with Crippen molar-refractivity contribution < 1.29 is 19.1 Å². The molecule has 1 atom stereocenters. The molecule has 0 radical (unpaired) electrons. The van der Waals surface area contributed by atoms with E-state index in [-0.39, 0.29) is 6.61 Å². The van der Waals surface area contributed by atoms with E-state index in [0.717, 1.165) is 11.1 Å². The zero-order valence-electron chi connectivity index (χ0n) is 14.8. The molecular weight excluding hydrogens is 356 g/mol. The molecule has 0 aromatic heterocycles. The van der Waals surface area contributed by atoms with Gasteiger partial charge in [0.25, 0.3) is 11.8 Å². The number of benzene rings is 2. The summed E-state index contributed by atoms with van der Waals surface area (Å²) in [7, 11) is 0. The van der Waals surface area contributed by atoms with Crippen molar-refractivity contribution in [2.75, 3.05) is 6.61 Å². The molecule has 2 aromatic carbocycles. The first-order chi connectivity index (χ1) is 12.4. The number of ether oxygens (including phenoxy) is 2. The summed E-state index contributed by atoms with van der Waals surface area (Å²) in [4.78, 5) is 23.8. The van der Waals surface area contributed by atoms with Gasteiger partial charge in [-0.05, 0) is 50.1 Å². The molecule has 0 saturated heterocycles. The number of halogens is 1. The van der Waals surface area contributed by atoms with Crippen molar-refractivity contribution in [2.45, 2.75) is 26.9 Å². The van der Waals surface area contributed by atoms with Crippen LogP contribution in [0.15, 0.2) is 42.5 Å². The number of hydrogen-bond donors (Lipinski definition) is 2. The average molecular weight is 377 g/mol. The molecule has 1 unspecified atom stereocenters. The third-order valence-electron chi connectivity index (χ3n) is 3.54. The maximum atomic E-state index is 12.1. The summed E-state index contributed by atoms with van der Waals surface area (Å²) in [6.07, 6.45) is -0.778. The first kappa shape index (κ1) is 19.6. The summed E-state index contributed by atoms with van der Waals surface area (Å²) in [5, 5.41) is 0.403. The van der Waals surface area contributed by atoms with E-state index in [4.69, 9.17) is 21.1 Å². The normalized spacial score (nSPS) is 11.4. The van der Waals surface area contributed by atoms with Crippen molar-refractivity contribution in [3.05, 3.63) is 58.6 Å². The van der Waals surface area contributed by atoms with Crippen LogP contribution >= 0.6 is 11.6 Å². The third kappa shape index (κ3) is 5.67. The Balaban J connectivity index is 1.79. The Morgan fingerprint density at radius 3 is 2.54 bits per heavy atom. The molecule has 138 valence electrons. The molecule has 2 N–H and O–H groups in total. The highest BCUT2D eigenvalue weighted by Crippen LogP contribution is 2.23. The van der Waals surface area contributed by atoms with Crippen molar-refractivity contribution >= 4 is 23.4 Å². The second-order valence-corrected chi connectivity index (χ2v) is 6.19. The highest BCUT2D eigenvalue weighted by Gasteiger charge is 2.16. The van der Waals surface area contributed by atoms with Gasteiger partial charge in [0.1, 0.15) is 11.5 Å². The zero-order valence-corrected chi connectivity index (χ0v) is 15.6. The average Bonchev–Trinajstić information content (AvgIpc) is 2.62. The van der Waals surface area contributed by atoms with Crippen LogP contribution in [0, 0.1) is 13.8 Å². The molecule has 6 nitrogen and oxygen atoms in total. The molecule has 0 aliphatic rings. The van der Waals surface area contributed by atoms with Crippen molar-refractivity contribution in [3.8, 4) is 11.5 Å². The molecule has 0 bridgehead atoms. The summed E-state index contributed by atoms with van der Waals surface area (Å²) >= 11 is 5.93. The third-order valence-corrected chi connectivity index (χ3v) is 3.85. The van der Waals surface area contributed by atoms with E-state index in [9.17, 15) is 9.59 Å². The van der Waals surface area contributed by atoms with E-state index in [1.54, 1.807) is 31.2 Å². The molecular formula is C19H21ClN2O4. The quantitative estimate of drug-likeness (QED) is 0.760. The number of nitrogens with one attached hydrogen (secondary N) is 2. The van der Waals surface area contributed by atoms with Crippen LogP contribution in [-0.2, 0) is 9.59 Å². The van der Waals surface area contributed by atoms with E-state index in [1.165, 1.54) is 0 Å². The van der Waals surface area contributed by atoms with Crippen molar-refractivity contribution in [1.29, 1.82) is 0 Å². The van der Waals surface area contributed by atoms with Crippen LogP contribution in [-0.4, -0.2) is 24.5 Å². The lowest BCUT2D eigenvalue weighted by atomic mass is 10.1. The molecule has 0 saturated carbocycles. The smallest absolute Gasteiger partial charge is 0.279 e. The topological polar surface area (TPSA) is 76.7 Å². The van der Waals surface area contributed by atoms with Crippen LogP contribution in [0.2, 0.25) is 5.02 Å². The van der Waals surface area contributed by atoms with E-state index >= 15 is 0 Å². The Morgan fingerprint density at radius 2 is 1.81 bits per heavy atom. The molecule has 0 aliphatic carbocycles. The standard InChI is InChI=1S/C19H21ClN2O4/c1-12-8-9-13(2)17(10-12)26-14(3)19(24)22-21-18(23)11-25-16-7-5-4-6-15(16)20/h4-10,14H,11H2,1-3H3,(H,21,23)(H,22,24). The van der Waals surface area contributed by atoms with Crippen LogP contribution in [0.25, 0.3) is 0 Å². The fourth-order valence-electron chi connectivity index (χ4n) is 2.05. The molecule has 0 fully saturated rings. The second kappa shape index (κ2) is 9.10. The van der Waals surface area contributed by atoms with Crippen molar-refractivity contribution in [3.63, 3.8) is 0 Å². The Hall–Kier alpha value is -2.73. The first-order valence-electron chi connectivity index (χ1n) is 8.06. The molecule has 2 aromatic rings. The number of hydrazine groups is 1. The van der Waals surface area contributed by atoms with Gasteiger partial charge in [-0.3, -0.25) is 20.4 Å². The predicted octanol–water partition coefficient (Wildman–Crippen LogP) is 2.95. The van der Waals surface area contributed by atoms with Crippen LogP contribution in [0.5, 0.6) is 11.5 Å². The van der Waals surface area contributed by atoms with Gasteiger partial charge in [-0.1, -0.05) is 35.9 Å². The van der Waals surface area contributed by atoms with Gasteiger partial charge >= 0.3 is 0 Å². The zero-order chi connectivity index (χ0) is 19.1. The molecule has 0 aliphatic heterocycles. The number of amides is 2. The summed E-state index contributed by atoms with van der Waals surface area (Å²) in [6.45, 7) is 5.16. The fourth-order valence-corrected chi connectivity index (χ4v) is 2.24. The number of carbonyl (C=O) groups is 2. The maximum Gasteiger partial charge on any atom is 0.279 e. The van der Waals surface area contributed by atoms with E-state index < -0.39 is 17.9 Å². The fraction of sp³-hybridized carbons (Fsp3) is 0.263. The number of hydrogen-bond acceptors (Lipinski definition) is 4. The molecule has 0 spiro atoms. The highest BCUT2D eigenvalue weighted by molar-refractivity contribution is 6.32. The van der Waals surface area contributed by atoms with Gasteiger partial charge < -0.3 is 9.47 Å². The monoisotopic (exact) mass is 376 g/mol. The van der Waals surface area contributed by atoms with Gasteiger partial charge in [-0.25, -0.2) is 0 Å². The van der Waals surface area contributed by atoms with E-state index in [1.807, 2.05) is 32.0 Å². The highest BCUT2D eigenvalue weighted by atomic mass is 35.5. The summed E-state index contributed by atoms with van der Waals surface area (Å²) < 4.78 is 10.9. The number of rotatable bonds is 6. The lowest BCUT2D eigenvalue weighted by Gasteiger charge is -2.17. The minimum atomic E-state index is -0.778. The summed E-state index contributed by atoms with van der Waals surface area (Å²) in [6, 6.07) is 12.5. The van der Waals surface area contributed by atoms with Gasteiger partial charge in [-0.2, -0.15) is 0 Å². The number of aryl methyl sites for hydroxylation is 2. The Kier molecular flexibility index (Phi) is 6.86. The molecule has 7 heteroatoms. The molecule has 26 heavy (non-hydrogen) atoms. The Morgan fingerprint density at radius 1 is 1.08 bits per heavy atom. The molecule has 0 heterocycles. The lowest BCUT2D eigenvalue weighted by Crippen LogP contribution is -2.48. The predicted molar refractivity (Wildman–Crippen MR) is 99.2 cm³/mol.